The first-order valence-corrected chi connectivity index (χ1v) is 13.0. The molecule has 0 aliphatic carbocycles. The van der Waals surface area contributed by atoms with Crippen molar-refractivity contribution in [2.75, 3.05) is 30.8 Å². The number of carbonyl (C=O) groups excluding carboxylic acids is 1. The highest BCUT2D eigenvalue weighted by molar-refractivity contribution is 7.90. The van der Waals surface area contributed by atoms with Crippen LogP contribution in [0.4, 0.5) is 10.2 Å². The standard InChI is InChI=1S/C23H29FN4O3S/c1-3-18-14-26-22(15-25-18)27-9-7-19(8-10-27)28-11-6-17(23(28)29)12-16-4-5-20(13-21(16)24)32(2,30)31/h4-5,13-15,17,19H,3,6-12H2,1-2H3/t17-/m1/s1. The van der Waals surface area contributed by atoms with Gasteiger partial charge in [-0.2, -0.15) is 0 Å². The number of sulfone groups is 1. The Bertz CT molecular complexity index is 1080. The monoisotopic (exact) mass is 460 g/mol. The molecule has 1 aromatic heterocycles. The summed E-state index contributed by atoms with van der Waals surface area (Å²) < 4.78 is 37.7. The van der Waals surface area contributed by atoms with Gasteiger partial charge in [-0.15, -0.1) is 0 Å². The number of benzene rings is 1. The highest BCUT2D eigenvalue weighted by Gasteiger charge is 2.37. The van der Waals surface area contributed by atoms with E-state index in [0.29, 0.717) is 24.9 Å². The van der Waals surface area contributed by atoms with Gasteiger partial charge in [0.15, 0.2) is 9.84 Å². The molecular formula is C23H29FN4O3S. The fraction of sp³-hybridized carbons (Fsp3) is 0.522. The van der Waals surface area contributed by atoms with Gasteiger partial charge in [-0.25, -0.2) is 17.8 Å². The molecule has 7 nitrogen and oxygen atoms in total. The van der Waals surface area contributed by atoms with Crippen molar-refractivity contribution in [1.29, 1.82) is 0 Å². The maximum atomic E-state index is 14.5. The van der Waals surface area contributed by atoms with Gasteiger partial charge in [-0.3, -0.25) is 9.78 Å². The molecule has 2 aliphatic rings. The van der Waals surface area contributed by atoms with E-state index in [2.05, 4.69) is 21.8 Å². The number of anilines is 1. The predicted octanol–water partition coefficient (Wildman–Crippen LogP) is 2.64. The van der Waals surface area contributed by atoms with Gasteiger partial charge in [0, 0.05) is 37.8 Å². The average Bonchev–Trinajstić information content (AvgIpc) is 3.14. The van der Waals surface area contributed by atoms with Gasteiger partial charge in [-0.05, 0) is 49.8 Å². The number of aromatic nitrogens is 2. The number of halogens is 1. The van der Waals surface area contributed by atoms with E-state index in [-0.39, 0.29) is 22.8 Å². The third-order valence-electron chi connectivity index (χ3n) is 6.55. The second-order valence-corrected chi connectivity index (χ2v) is 10.7. The van der Waals surface area contributed by atoms with Crippen molar-refractivity contribution in [3.8, 4) is 0 Å². The summed E-state index contributed by atoms with van der Waals surface area (Å²) in [7, 11) is -3.46. The largest absolute Gasteiger partial charge is 0.355 e. The quantitative estimate of drug-likeness (QED) is 0.659. The maximum absolute atomic E-state index is 14.5. The molecule has 0 radical (unpaired) electrons. The lowest BCUT2D eigenvalue weighted by atomic mass is 9.97. The van der Waals surface area contributed by atoms with Crippen molar-refractivity contribution >= 4 is 21.6 Å². The number of hydrogen-bond donors (Lipinski definition) is 0. The SMILES string of the molecule is CCc1cnc(N2CCC(N3CC[C@H](Cc4ccc(S(C)(=O)=O)cc4F)C3=O)CC2)cn1. The predicted molar refractivity (Wildman–Crippen MR) is 120 cm³/mol. The van der Waals surface area contributed by atoms with E-state index in [1.165, 1.54) is 12.1 Å². The second kappa shape index (κ2) is 9.13. The summed E-state index contributed by atoms with van der Waals surface area (Å²) in [5, 5.41) is 0. The summed E-state index contributed by atoms with van der Waals surface area (Å²) >= 11 is 0. The van der Waals surface area contributed by atoms with Crippen LogP contribution < -0.4 is 4.90 Å². The number of likely N-dealkylation sites (tertiary alicyclic amines) is 1. The Morgan fingerprint density at radius 1 is 1.09 bits per heavy atom. The summed E-state index contributed by atoms with van der Waals surface area (Å²) in [6.07, 6.45) is 8.27. The molecule has 9 heteroatoms. The number of piperidine rings is 1. The Morgan fingerprint density at radius 2 is 1.84 bits per heavy atom. The van der Waals surface area contributed by atoms with E-state index < -0.39 is 15.7 Å². The molecule has 0 N–H and O–H groups in total. The summed E-state index contributed by atoms with van der Waals surface area (Å²) in [5.74, 6) is 0.114. The Labute approximate surface area is 188 Å². The molecule has 0 spiro atoms. The van der Waals surface area contributed by atoms with Gasteiger partial charge in [-0.1, -0.05) is 13.0 Å². The molecule has 2 aromatic rings. The number of rotatable bonds is 6. The van der Waals surface area contributed by atoms with Crippen LogP contribution in [-0.4, -0.2) is 61.1 Å². The van der Waals surface area contributed by atoms with Crippen molar-refractivity contribution in [1.82, 2.24) is 14.9 Å². The van der Waals surface area contributed by atoms with Crippen LogP contribution in [0.2, 0.25) is 0 Å². The first kappa shape index (κ1) is 22.6. The topological polar surface area (TPSA) is 83.5 Å². The molecule has 0 unspecified atom stereocenters. The third kappa shape index (κ3) is 4.77. The van der Waals surface area contributed by atoms with Crippen LogP contribution in [-0.2, 0) is 27.5 Å². The van der Waals surface area contributed by atoms with E-state index in [1.54, 1.807) is 0 Å². The first-order chi connectivity index (χ1) is 15.3. The van der Waals surface area contributed by atoms with Crippen molar-refractivity contribution in [3.05, 3.63) is 47.7 Å². The molecule has 2 saturated heterocycles. The van der Waals surface area contributed by atoms with Crippen LogP contribution in [0.15, 0.2) is 35.5 Å². The lowest BCUT2D eigenvalue weighted by Crippen LogP contribution is -2.46. The Balaban J connectivity index is 1.35. The fourth-order valence-corrected chi connectivity index (χ4v) is 5.24. The van der Waals surface area contributed by atoms with E-state index in [4.69, 9.17) is 0 Å². The van der Waals surface area contributed by atoms with Gasteiger partial charge in [0.25, 0.3) is 0 Å². The summed E-state index contributed by atoms with van der Waals surface area (Å²) in [6.45, 7) is 4.37. The van der Waals surface area contributed by atoms with Crippen LogP contribution >= 0.6 is 0 Å². The van der Waals surface area contributed by atoms with Crippen LogP contribution in [0.3, 0.4) is 0 Å². The number of hydrogen-bond acceptors (Lipinski definition) is 6. The first-order valence-electron chi connectivity index (χ1n) is 11.1. The van der Waals surface area contributed by atoms with Crippen molar-refractivity contribution in [2.45, 2.75) is 50.0 Å². The van der Waals surface area contributed by atoms with Crippen molar-refractivity contribution < 1.29 is 17.6 Å². The molecule has 1 amide bonds. The summed E-state index contributed by atoms with van der Waals surface area (Å²) in [5.41, 5.74) is 1.36. The van der Waals surface area contributed by atoms with E-state index in [0.717, 1.165) is 56.2 Å². The van der Waals surface area contributed by atoms with E-state index in [9.17, 15) is 17.6 Å². The average molecular weight is 461 g/mol. The molecule has 1 atom stereocenters. The molecule has 32 heavy (non-hydrogen) atoms. The number of carbonyl (C=O) groups is 1. The zero-order valence-electron chi connectivity index (χ0n) is 18.5. The van der Waals surface area contributed by atoms with Crippen molar-refractivity contribution in [3.63, 3.8) is 0 Å². The zero-order valence-corrected chi connectivity index (χ0v) is 19.3. The minimum absolute atomic E-state index is 0.0427. The molecule has 2 fully saturated rings. The maximum Gasteiger partial charge on any atom is 0.226 e. The minimum atomic E-state index is -3.46. The van der Waals surface area contributed by atoms with E-state index >= 15 is 0 Å². The van der Waals surface area contributed by atoms with Gasteiger partial charge in [0.05, 0.1) is 23.0 Å². The molecule has 1 aromatic carbocycles. The Morgan fingerprint density at radius 3 is 2.44 bits per heavy atom. The lowest BCUT2D eigenvalue weighted by Gasteiger charge is -2.37. The lowest BCUT2D eigenvalue weighted by molar-refractivity contribution is -0.133. The molecule has 0 saturated carbocycles. The Kier molecular flexibility index (Phi) is 6.46. The molecule has 4 rings (SSSR count). The number of aryl methyl sites for hydroxylation is 1. The summed E-state index contributed by atoms with van der Waals surface area (Å²) in [6, 6.07) is 4.14. The molecule has 2 aliphatic heterocycles. The molecule has 0 bridgehead atoms. The van der Waals surface area contributed by atoms with Crippen LogP contribution in [0, 0.1) is 11.7 Å². The fourth-order valence-electron chi connectivity index (χ4n) is 4.61. The highest BCUT2D eigenvalue weighted by atomic mass is 32.2. The third-order valence-corrected chi connectivity index (χ3v) is 7.66. The second-order valence-electron chi connectivity index (χ2n) is 8.68. The zero-order chi connectivity index (χ0) is 22.9. The molecule has 172 valence electrons. The van der Waals surface area contributed by atoms with Crippen LogP contribution in [0.25, 0.3) is 0 Å². The number of amides is 1. The minimum Gasteiger partial charge on any atom is -0.355 e. The normalized spacial score (nSPS) is 20.2. The smallest absolute Gasteiger partial charge is 0.226 e. The molecule has 3 heterocycles. The Hall–Kier alpha value is -2.55. The van der Waals surface area contributed by atoms with Gasteiger partial charge in [0.1, 0.15) is 11.6 Å². The van der Waals surface area contributed by atoms with Gasteiger partial charge in [0.2, 0.25) is 5.91 Å². The van der Waals surface area contributed by atoms with Crippen LogP contribution in [0.1, 0.15) is 37.4 Å². The van der Waals surface area contributed by atoms with Gasteiger partial charge >= 0.3 is 0 Å². The van der Waals surface area contributed by atoms with Crippen LogP contribution in [0.5, 0.6) is 0 Å². The number of nitrogens with zero attached hydrogens (tertiary/aromatic N) is 4. The summed E-state index contributed by atoms with van der Waals surface area (Å²) in [4.78, 5) is 26.1. The van der Waals surface area contributed by atoms with Crippen molar-refractivity contribution in [2.24, 2.45) is 5.92 Å². The molecular weight excluding hydrogens is 431 g/mol. The van der Waals surface area contributed by atoms with Gasteiger partial charge < -0.3 is 9.80 Å². The highest BCUT2D eigenvalue weighted by Crippen LogP contribution is 2.30. The van der Waals surface area contributed by atoms with E-state index in [1.807, 2.05) is 17.3 Å².